The lowest BCUT2D eigenvalue weighted by Crippen LogP contribution is -2.43. The van der Waals surface area contributed by atoms with Crippen LogP contribution >= 0.6 is 0 Å². The Morgan fingerprint density at radius 3 is 2.50 bits per heavy atom. The number of H-pyrrole nitrogens is 1. The molecule has 0 bridgehead atoms. The average molecular weight is 490 g/mol. The Morgan fingerprint density at radius 2 is 1.78 bits per heavy atom. The Labute approximate surface area is 209 Å². The van der Waals surface area contributed by atoms with Crippen LogP contribution in [0.5, 0.6) is 5.88 Å². The number of nitrogens with two attached hydrogens (primary N) is 1. The molecular formula is C25H31N9O2. The minimum absolute atomic E-state index is 0.215. The van der Waals surface area contributed by atoms with E-state index in [1.54, 1.807) is 19.5 Å². The van der Waals surface area contributed by atoms with Gasteiger partial charge in [-0.25, -0.2) is 9.97 Å². The fourth-order valence-corrected chi connectivity index (χ4v) is 4.17. The molecule has 0 amide bonds. The maximum atomic E-state index is 5.98. The summed E-state index contributed by atoms with van der Waals surface area (Å²) in [6.07, 6.45) is 5.17. The second-order valence-electron chi connectivity index (χ2n) is 8.85. The third-order valence-corrected chi connectivity index (χ3v) is 6.22. The zero-order valence-electron chi connectivity index (χ0n) is 20.6. The molecule has 4 N–H and O–H groups in total. The topological polar surface area (TPSA) is 130 Å². The van der Waals surface area contributed by atoms with Crippen LogP contribution in [0.4, 0.5) is 17.6 Å². The standard InChI is InChI=1S/C25H31N9O2/c1-33-7-9-34(10-8-33)16-17-3-5-19(6-4-17)30-25-31-22-21(23(32-25)36-12-11-35-2)20(15-27-22)18-13-28-24(26)29-14-18/h3-6,13-15H,7-12,16H2,1-2H3,(H2,26,28,29)(H2,27,30,31,32). The molecule has 4 aromatic rings. The van der Waals surface area contributed by atoms with E-state index in [-0.39, 0.29) is 5.95 Å². The molecule has 3 aromatic heterocycles. The summed E-state index contributed by atoms with van der Waals surface area (Å²) < 4.78 is 11.1. The van der Waals surface area contributed by atoms with Crippen molar-refractivity contribution in [1.82, 2.24) is 34.7 Å². The summed E-state index contributed by atoms with van der Waals surface area (Å²) in [6.45, 7) is 6.15. The van der Waals surface area contributed by atoms with Crippen LogP contribution in [-0.4, -0.2) is 88.3 Å². The van der Waals surface area contributed by atoms with Crippen molar-refractivity contribution >= 4 is 28.6 Å². The third-order valence-electron chi connectivity index (χ3n) is 6.22. The molecule has 4 heterocycles. The Bertz CT molecular complexity index is 1280. The molecule has 0 saturated carbocycles. The van der Waals surface area contributed by atoms with Crippen LogP contribution in [0.25, 0.3) is 22.2 Å². The van der Waals surface area contributed by atoms with E-state index >= 15 is 0 Å². The molecule has 0 aliphatic carbocycles. The number of hydrogen-bond acceptors (Lipinski definition) is 10. The van der Waals surface area contributed by atoms with Crippen LogP contribution in [0.2, 0.25) is 0 Å². The zero-order valence-corrected chi connectivity index (χ0v) is 20.6. The summed E-state index contributed by atoms with van der Waals surface area (Å²) in [6, 6.07) is 8.39. The first-order valence-corrected chi connectivity index (χ1v) is 11.9. The van der Waals surface area contributed by atoms with Crippen LogP contribution in [0, 0.1) is 0 Å². The van der Waals surface area contributed by atoms with Crippen LogP contribution in [0.15, 0.2) is 42.9 Å². The SMILES string of the molecule is COCCOc1nc(Nc2ccc(CN3CCN(C)CC3)cc2)nc2[nH]cc(-c3cnc(N)nc3)c12. The van der Waals surface area contributed by atoms with Crippen LogP contribution in [0.3, 0.4) is 0 Å². The first kappa shape index (κ1) is 23.9. The quantitative estimate of drug-likeness (QED) is 0.301. The molecule has 0 atom stereocenters. The van der Waals surface area contributed by atoms with Crippen molar-refractivity contribution in [1.29, 1.82) is 0 Å². The van der Waals surface area contributed by atoms with Gasteiger partial charge in [-0.05, 0) is 24.7 Å². The minimum atomic E-state index is 0.215. The maximum Gasteiger partial charge on any atom is 0.232 e. The predicted molar refractivity (Wildman–Crippen MR) is 139 cm³/mol. The number of aromatic amines is 1. The van der Waals surface area contributed by atoms with Gasteiger partial charge in [-0.15, -0.1) is 0 Å². The lowest BCUT2D eigenvalue weighted by atomic mass is 10.1. The van der Waals surface area contributed by atoms with E-state index in [9.17, 15) is 0 Å². The van der Waals surface area contributed by atoms with Gasteiger partial charge < -0.3 is 30.4 Å². The fraction of sp³-hybridized carbons (Fsp3) is 0.360. The summed E-state index contributed by atoms with van der Waals surface area (Å²) in [5.74, 6) is 1.09. The van der Waals surface area contributed by atoms with Gasteiger partial charge in [0.25, 0.3) is 0 Å². The number of likely N-dealkylation sites (N-methyl/N-ethyl adjacent to an activating group) is 1. The third kappa shape index (κ3) is 5.54. The number of ether oxygens (including phenoxy) is 2. The van der Waals surface area contributed by atoms with Crippen molar-refractivity contribution in [3.05, 3.63) is 48.4 Å². The second-order valence-corrected chi connectivity index (χ2v) is 8.85. The highest BCUT2D eigenvalue weighted by Crippen LogP contribution is 2.34. The maximum absolute atomic E-state index is 5.98. The summed E-state index contributed by atoms with van der Waals surface area (Å²) >= 11 is 0. The molecule has 1 saturated heterocycles. The lowest BCUT2D eigenvalue weighted by molar-refractivity contribution is 0.144. The number of piperazine rings is 1. The zero-order chi connectivity index (χ0) is 24.9. The molecule has 188 valence electrons. The summed E-state index contributed by atoms with van der Waals surface area (Å²) in [5.41, 5.74) is 10.1. The first-order valence-electron chi connectivity index (χ1n) is 11.9. The molecule has 36 heavy (non-hydrogen) atoms. The summed E-state index contributed by atoms with van der Waals surface area (Å²) in [5, 5.41) is 4.05. The number of anilines is 3. The van der Waals surface area contributed by atoms with E-state index in [1.807, 2.05) is 6.20 Å². The number of nitrogens with one attached hydrogen (secondary N) is 2. The molecule has 5 rings (SSSR count). The van der Waals surface area contributed by atoms with Crippen molar-refractivity contribution in [3.8, 4) is 17.0 Å². The van der Waals surface area contributed by atoms with Crippen molar-refractivity contribution in [3.63, 3.8) is 0 Å². The van der Waals surface area contributed by atoms with Crippen LogP contribution in [0.1, 0.15) is 5.56 Å². The van der Waals surface area contributed by atoms with E-state index in [0.29, 0.717) is 30.7 Å². The van der Waals surface area contributed by atoms with Gasteiger partial charge >= 0.3 is 0 Å². The van der Waals surface area contributed by atoms with Crippen molar-refractivity contribution < 1.29 is 9.47 Å². The first-order chi connectivity index (χ1) is 17.6. The largest absolute Gasteiger partial charge is 0.475 e. The van der Waals surface area contributed by atoms with E-state index in [2.05, 4.69) is 71.3 Å². The second kappa shape index (κ2) is 10.9. The van der Waals surface area contributed by atoms with Crippen molar-refractivity contribution in [2.24, 2.45) is 0 Å². The highest BCUT2D eigenvalue weighted by Gasteiger charge is 2.18. The van der Waals surface area contributed by atoms with E-state index in [0.717, 1.165) is 54.9 Å². The molecule has 11 nitrogen and oxygen atoms in total. The predicted octanol–water partition coefficient (Wildman–Crippen LogP) is 2.51. The highest BCUT2D eigenvalue weighted by molar-refractivity contribution is 5.97. The molecule has 11 heteroatoms. The molecule has 1 aliphatic rings. The van der Waals surface area contributed by atoms with E-state index in [1.165, 1.54) is 5.56 Å². The van der Waals surface area contributed by atoms with Gasteiger partial charge in [0.05, 0.1) is 12.0 Å². The van der Waals surface area contributed by atoms with Gasteiger partial charge in [0.15, 0.2) is 0 Å². The Hall–Kier alpha value is -3.80. The number of nitrogen functional groups attached to an aromatic ring is 1. The number of rotatable bonds is 9. The van der Waals surface area contributed by atoms with Gasteiger partial charge in [-0.2, -0.15) is 9.97 Å². The van der Waals surface area contributed by atoms with E-state index in [4.69, 9.17) is 15.2 Å². The minimum Gasteiger partial charge on any atom is -0.475 e. The summed E-state index contributed by atoms with van der Waals surface area (Å²) in [7, 11) is 3.80. The number of fused-ring (bicyclic) bond motifs is 1. The number of nitrogens with zero attached hydrogens (tertiary/aromatic N) is 6. The van der Waals surface area contributed by atoms with Gasteiger partial charge in [0.2, 0.25) is 17.8 Å². The van der Waals surface area contributed by atoms with Gasteiger partial charge in [-0.3, -0.25) is 4.90 Å². The van der Waals surface area contributed by atoms with Crippen LogP contribution in [-0.2, 0) is 11.3 Å². The lowest BCUT2D eigenvalue weighted by Gasteiger charge is -2.32. The number of hydrogen-bond donors (Lipinski definition) is 3. The molecule has 1 aliphatic heterocycles. The average Bonchev–Trinajstić information content (AvgIpc) is 3.31. The van der Waals surface area contributed by atoms with Crippen molar-refractivity contribution in [2.75, 3.05) is 64.6 Å². The molecular weight excluding hydrogens is 458 g/mol. The molecule has 0 radical (unpaired) electrons. The Kier molecular flexibility index (Phi) is 7.21. The smallest absolute Gasteiger partial charge is 0.232 e. The molecule has 1 aromatic carbocycles. The fourth-order valence-electron chi connectivity index (χ4n) is 4.17. The summed E-state index contributed by atoms with van der Waals surface area (Å²) in [4.78, 5) is 25.6. The number of aromatic nitrogens is 5. The van der Waals surface area contributed by atoms with Crippen molar-refractivity contribution in [2.45, 2.75) is 6.54 Å². The van der Waals surface area contributed by atoms with Gasteiger partial charge in [0, 0.05) is 75.2 Å². The molecule has 0 unspecified atom stereocenters. The molecule has 0 spiro atoms. The number of methoxy groups -OCH3 is 1. The molecule has 1 fully saturated rings. The Balaban J connectivity index is 1.37. The van der Waals surface area contributed by atoms with Gasteiger partial charge in [0.1, 0.15) is 12.3 Å². The Morgan fingerprint density at radius 1 is 1.03 bits per heavy atom. The number of benzene rings is 1. The van der Waals surface area contributed by atoms with Gasteiger partial charge in [-0.1, -0.05) is 12.1 Å². The van der Waals surface area contributed by atoms with Crippen LogP contribution < -0.4 is 15.8 Å². The van der Waals surface area contributed by atoms with E-state index < -0.39 is 0 Å². The monoisotopic (exact) mass is 489 g/mol. The normalized spacial score (nSPS) is 14.8. The highest BCUT2D eigenvalue weighted by atomic mass is 16.5.